The van der Waals surface area contributed by atoms with E-state index in [0.717, 1.165) is 83.2 Å². The molecule has 0 spiro atoms. The van der Waals surface area contributed by atoms with Gasteiger partial charge in [-0.15, -0.1) is 0 Å². The normalized spacial score (nSPS) is 40.3. The summed E-state index contributed by atoms with van der Waals surface area (Å²) in [4.78, 5) is 42.0. The number of ether oxygens (including phenoxy) is 2. The second-order valence-electron chi connectivity index (χ2n) is 22.6. The van der Waals surface area contributed by atoms with Crippen molar-refractivity contribution in [3.8, 4) is 0 Å². The average Bonchev–Trinajstić information content (AvgIpc) is 3.49. The lowest BCUT2D eigenvalue weighted by atomic mass is 9.33. The Kier molecular flexibility index (Phi) is 10.9. The number of carbonyl (C=O) groups is 3. The van der Waals surface area contributed by atoms with Crippen LogP contribution in [-0.2, 0) is 30.4 Å². The first-order chi connectivity index (χ1) is 27.7. The van der Waals surface area contributed by atoms with Crippen molar-refractivity contribution in [2.45, 2.75) is 145 Å². The van der Waals surface area contributed by atoms with Gasteiger partial charge < -0.3 is 29.9 Å². The number of esters is 1. The molecular weight excluding hydrogens is 741 g/mol. The van der Waals surface area contributed by atoms with Crippen molar-refractivity contribution in [1.82, 2.24) is 5.32 Å². The standard InChI is InChI=1S/C50H74N2O7/c1-30(2)41-36(53)27-50(39(54)29-51-28-31-10-12-32(13-11-31)52-22-24-58-25-23-52)21-20-48(8)33(42(41)50)14-15-38-47(7)18-17-40(46(5,6)37(47)16-19-49(38,48)9)59-44(57)35-26-34(43(55)56)45(35,3)4/h10-13,30,33-35,37-40,51,54H,14-29H2,1-9H3,(H,55,56)/t33-,34+,35-,37+,38-,39+,40+,47+,48-,49-,50+/m1/s1. The van der Waals surface area contributed by atoms with Crippen LogP contribution in [0.2, 0.25) is 0 Å². The first-order valence-corrected chi connectivity index (χ1v) is 23.2. The molecule has 326 valence electrons. The van der Waals surface area contributed by atoms with E-state index in [0.29, 0.717) is 37.8 Å². The molecule has 0 aromatic heterocycles. The highest BCUT2D eigenvalue weighted by Crippen LogP contribution is 2.77. The Morgan fingerprint density at radius 3 is 2.20 bits per heavy atom. The maximum absolute atomic E-state index is 14.2. The second-order valence-corrected chi connectivity index (χ2v) is 22.6. The fourth-order valence-corrected chi connectivity index (χ4v) is 15.4. The Bertz CT molecular complexity index is 1850. The molecule has 9 heteroatoms. The summed E-state index contributed by atoms with van der Waals surface area (Å²) < 4.78 is 12.0. The SMILES string of the molecule is CC(C)C1=C2[C@H]3CC[C@@H]4[C@@]5(C)CC[C@H](OC(=O)[C@H]6C[C@@H](C(=O)O)C6(C)C)C(C)(C)[C@@H]5CC[C@@]4(C)[C@]3(C)CC[C@@]2([C@@H](O)CNCc2ccc(N3CCOCC3)cc2)CC1=O. The number of aliphatic hydroxyl groups is 1. The molecule has 11 atom stereocenters. The summed E-state index contributed by atoms with van der Waals surface area (Å²) in [5.41, 5.74) is 3.51. The van der Waals surface area contributed by atoms with E-state index in [9.17, 15) is 24.6 Å². The lowest BCUT2D eigenvalue weighted by molar-refractivity contribution is -0.238. The Morgan fingerprint density at radius 1 is 0.864 bits per heavy atom. The van der Waals surface area contributed by atoms with Crippen LogP contribution in [0, 0.1) is 68.0 Å². The summed E-state index contributed by atoms with van der Waals surface area (Å²) in [5.74, 6) is -0.415. The quantitative estimate of drug-likeness (QED) is 0.199. The molecule has 0 bridgehead atoms. The van der Waals surface area contributed by atoms with E-state index in [1.54, 1.807) is 0 Å². The number of benzene rings is 1. The van der Waals surface area contributed by atoms with E-state index < -0.39 is 28.8 Å². The number of aliphatic hydroxyl groups excluding tert-OH is 1. The number of Topliss-reactive ketones (excluding diaryl/α,β-unsaturated/α-hetero) is 1. The number of carboxylic acids is 1. The van der Waals surface area contributed by atoms with Crippen LogP contribution in [0.4, 0.5) is 5.69 Å². The fourth-order valence-electron chi connectivity index (χ4n) is 15.4. The number of morpholine rings is 1. The van der Waals surface area contributed by atoms with Gasteiger partial charge in [0.25, 0.3) is 0 Å². The largest absolute Gasteiger partial charge is 0.481 e. The highest BCUT2D eigenvalue weighted by molar-refractivity contribution is 6.00. The molecule has 1 aromatic carbocycles. The Balaban J connectivity index is 0.992. The van der Waals surface area contributed by atoms with Crippen LogP contribution in [0.3, 0.4) is 0 Å². The summed E-state index contributed by atoms with van der Waals surface area (Å²) in [7, 11) is 0. The number of fused-ring (bicyclic) bond motifs is 7. The van der Waals surface area contributed by atoms with Crippen LogP contribution in [-0.4, -0.2) is 73.0 Å². The molecule has 1 heterocycles. The molecule has 5 saturated carbocycles. The lowest BCUT2D eigenvalue weighted by Crippen LogP contribution is -2.66. The lowest BCUT2D eigenvalue weighted by Gasteiger charge is -2.72. The number of carboxylic acid groups (broad SMARTS) is 1. The Hall–Kier alpha value is -2.75. The summed E-state index contributed by atoms with van der Waals surface area (Å²) in [5, 5.41) is 25.6. The molecule has 6 fully saturated rings. The van der Waals surface area contributed by atoms with Crippen molar-refractivity contribution in [2.75, 3.05) is 37.7 Å². The van der Waals surface area contributed by atoms with E-state index in [4.69, 9.17) is 9.47 Å². The maximum atomic E-state index is 14.2. The molecule has 7 aliphatic rings. The molecular formula is C50H74N2O7. The zero-order chi connectivity index (χ0) is 42.5. The summed E-state index contributed by atoms with van der Waals surface area (Å²) in [6, 6.07) is 8.73. The topological polar surface area (TPSA) is 125 Å². The van der Waals surface area contributed by atoms with Crippen molar-refractivity contribution < 1.29 is 34.1 Å². The minimum Gasteiger partial charge on any atom is -0.481 e. The number of nitrogens with one attached hydrogen (secondary N) is 1. The molecule has 3 N–H and O–H groups in total. The van der Waals surface area contributed by atoms with Crippen LogP contribution in [0.1, 0.15) is 132 Å². The van der Waals surface area contributed by atoms with Crippen LogP contribution < -0.4 is 10.2 Å². The number of allylic oxidation sites excluding steroid dienone is 1. The zero-order valence-electron chi connectivity index (χ0n) is 37.6. The van der Waals surface area contributed by atoms with E-state index in [2.05, 4.69) is 82.9 Å². The molecule has 0 unspecified atom stereocenters. The van der Waals surface area contributed by atoms with Gasteiger partial charge in [0.15, 0.2) is 5.78 Å². The fraction of sp³-hybridized carbons (Fsp3) is 0.780. The third kappa shape index (κ3) is 6.50. The number of aliphatic carboxylic acids is 1. The van der Waals surface area contributed by atoms with Crippen LogP contribution in [0.15, 0.2) is 35.4 Å². The smallest absolute Gasteiger partial charge is 0.309 e. The number of ketones is 1. The van der Waals surface area contributed by atoms with Gasteiger partial charge in [-0.1, -0.05) is 80.0 Å². The molecule has 0 amide bonds. The minimum absolute atomic E-state index is 0.00713. The van der Waals surface area contributed by atoms with E-state index in [1.165, 1.54) is 16.8 Å². The number of nitrogens with zero attached hydrogens (tertiary/aromatic N) is 1. The summed E-state index contributed by atoms with van der Waals surface area (Å²) >= 11 is 0. The third-order valence-corrected chi connectivity index (χ3v) is 19.1. The number of hydrogen-bond acceptors (Lipinski definition) is 8. The highest BCUT2D eigenvalue weighted by atomic mass is 16.5. The van der Waals surface area contributed by atoms with Gasteiger partial charge in [-0.3, -0.25) is 14.4 Å². The minimum atomic E-state index is -0.827. The molecule has 9 nitrogen and oxygen atoms in total. The highest BCUT2D eigenvalue weighted by Gasteiger charge is 2.71. The average molecular weight is 815 g/mol. The van der Waals surface area contributed by atoms with Gasteiger partial charge in [0.1, 0.15) is 6.10 Å². The second kappa shape index (κ2) is 15.0. The number of anilines is 1. The Labute approximate surface area is 353 Å². The van der Waals surface area contributed by atoms with Crippen molar-refractivity contribution >= 4 is 23.4 Å². The van der Waals surface area contributed by atoms with Crippen molar-refractivity contribution in [3.63, 3.8) is 0 Å². The van der Waals surface area contributed by atoms with Crippen LogP contribution in [0.25, 0.3) is 0 Å². The zero-order valence-corrected chi connectivity index (χ0v) is 37.6. The molecule has 1 aliphatic heterocycles. The van der Waals surface area contributed by atoms with Gasteiger partial charge in [0.05, 0.1) is 31.2 Å². The molecule has 59 heavy (non-hydrogen) atoms. The van der Waals surface area contributed by atoms with E-state index >= 15 is 0 Å². The number of hydrogen-bond donors (Lipinski definition) is 3. The van der Waals surface area contributed by atoms with Gasteiger partial charge in [-0.05, 0) is 126 Å². The predicted molar refractivity (Wildman–Crippen MR) is 230 cm³/mol. The molecule has 6 aliphatic carbocycles. The third-order valence-electron chi connectivity index (χ3n) is 19.1. The first-order valence-electron chi connectivity index (χ1n) is 23.2. The monoisotopic (exact) mass is 815 g/mol. The van der Waals surface area contributed by atoms with Gasteiger partial charge in [0.2, 0.25) is 0 Å². The molecule has 8 rings (SSSR count). The number of rotatable bonds is 10. The molecule has 1 saturated heterocycles. The maximum Gasteiger partial charge on any atom is 0.309 e. The van der Waals surface area contributed by atoms with Gasteiger partial charge >= 0.3 is 11.9 Å². The summed E-state index contributed by atoms with van der Waals surface area (Å²) in [6.45, 7) is 25.0. The first kappa shape index (κ1) is 42.9. The van der Waals surface area contributed by atoms with E-state index in [-0.39, 0.29) is 57.3 Å². The van der Waals surface area contributed by atoms with Crippen molar-refractivity contribution in [2.24, 2.45) is 68.0 Å². The van der Waals surface area contributed by atoms with Gasteiger partial charge in [-0.2, -0.15) is 0 Å². The van der Waals surface area contributed by atoms with Gasteiger partial charge in [0, 0.05) is 49.1 Å². The van der Waals surface area contributed by atoms with Gasteiger partial charge in [-0.25, -0.2) is 0 Å². The van der Waals surface area contributed by atoms with Crippen molar-refractivity contribution in [3.05, 3.63) is 41.0 Å². The molecule has 0 radical (unpaired) electrons. The van der Waals surface area contributed by atoms with E-state index in [1.807, 2.05) is 13.8 Å². The Morgan fingerprint density at radius 2 is 1.56 bits per heavy atom. The number of carbonyl (C=O) groups excluding carboxylic acids is 2. The van der Waals surface area contributed by atoms with Crippen molar-refractivity contribution in [1.29, 1.82) is 0 Å². The van der Waals surface area contributed by atoms with Crippen LogP contribution in [0.5, 0.6) is 0 Å². The molecule has 1 aromatic rings. The van der Waals surface area contributed by atoms with Crippen LogP contribution >= 0.6 is 0 Å². The summed E-state index contributed by atoms with van der Waals surface area (Å²) in [6.07, 6.45) is 7.93. The predicted octanol–water partition coefficient (Wildman–Crippen LogP) is 8.61.